The maximum absolute atomic E-state index is 12.7. The van der Waals surface area contributed by atoms with Crippen LogP contribution in [0.2, 0.25) is 0 Å². The quantitative estimate of drug-likeness (QED) is 0.0258. The monoisotopic (exact) mass is 921 g/mol. The van der Waals surface area contributed by atoms with Crippen molar-refractivity contribution in [1.29, 1.82) is 0 Å². The van der Waals surface area contributed by atoms with Gasteiger partial charge in [-0.3, -0.25) is 9.59 Å². The Morgan fingerprint density at radius 3 is 1.42 bits per heavy atom. The van der Waals surface area contributed by atoms with Gasteiger partial charge in [-0.2, -0.15) is 0 Å². The first-order chi connectivity index (χ1) is 30.8. The molecule has 0 saturated carbocycles. The molecule has 13 atom stereocenters. The summed E-state index contributed by atoms with van der Waals surface area (Å²) in [5.41, 5.74) is 0. The minimum absolute atomic E-state index is 0.163. The second-order valence-electron chi connectivity index (χ2n) is 18.9. The van der Waals surface area contributed by atoms with Gasteiger partial charge in [0.1, 0.15) is 68.1 Å². The number of carbonyl (C=O) groups is 2. The lowest BCUT2D eigenvalue weighted by molar-refractivity contribution is -0.361. The molecule has 2 aliphatic rings. The molecule has 2 saturated heterocycles. The summed E-state index contributed by atoms with van der Waals surface area (Å²) in [5, 5.41) is 73.8. The molecule has 0 aromatic carbocycles. The van der Waals surface area contributed by atoms with Gasteiger partial charge >= 0.3 is 11.9 Å². The van der Waals surface area contributed by atoms with Crippen LogP contribution in [0.15, 0.2) is 0 Å². The predicted molar refractivity (Wildman–Crippen MR) is 243 cm³/mol. The van der Waals surface area contributed by atoms with Crippen molar-refractivity contribution in [3.05, 3.63) is 0 Å². The number of aliphatic hydroxyl groups is 7. The molecule has 0 spiro atoms. The van der Waals surface area contributed by atoms with Gasteiger partial charge in [0.05, 0.1) is 13.2 Å². The number of unbranched alkanes of at least 4 members (excludes halogenated alkanes) is 18. The Hall–Kier alpha value is -1.50. The van der Waals surface area contributed by atoms with Crippen molar-refractivity contribution in [1.82, 2.24) is 0 Å². The molecule has 2 aliphatic heterocycles. The molecule has 0 amide bonds. The Bertz CT molecular complexity index is 1160. The van der Waals surface area contributed by atoms with Crippen molar-refractivity contribution in [2.75, 3.05) is 26.4 Å². The van der Waals surface area contributed by atoms with Gasteiger partial charge in [0.2, 0.25) is 0 Å². The Morgan fingerprint density at radius 2 is 0.953 bits per heavy atom. The van der Waals surface area contributed by atoms with Crippen LogP contribution in [0.5, 0.6) is 0 Å². The third-order valence-corrected chi connectivity index (χ3v) is 13.1. The van der Waals surface area contributed by atoms with E-state index in [1.807, 2.05) is 0 Å². The molecular weight excluding hydrogens is 829 g/mol. The second kappa shape index (κ2) is 35.6. The summed E-state index contributed by atoms with van der Waals surface area (Å²) in [6, 6.07) is 0. The number of ether oxygens (including phenoxy) is 6. The molecule has 0 aromatic rings. The number of hydrogen-bond donors (Lipinski definition) is 7. The van der Waals surface area contributed by atoms with E-state index in [4.69, 9.17) is 28.4 Å². The average Bonchev–Trinajstić information content (AvgIpc) is 3.29. The SMILES string of the molecule is CCC(C)CCCCCCCCCCCCC(=O)OC[C@H](O)CO[C@H]1O[C@H](COC(=O)CCCCCCCCCCCCC(C)CC)[C@@H](O)[C@H](O[C@H]2O[C@H](CO)[C@@H](O)[C@H](O)[C@@H]2O)[C@@H]1O. The fraction of sp³-hybridized carbons (Fsp3) is 0.959. The van der Waals surface area contributed by atoms with Crippen molar-refractivity contribution in [3.63, 3.8) is 0 Å². The highest BCUT2D eigenvalue weighted by Gasteiger charge is 2.51. The lowest BCUT2D eigenvalue weighted by Crippen LogP contribution is -2.65. The highest BCUT2D eigenvalue weighted by atomic mass is 16.7. The molecule has 7 N–H and O–H groups in total. The Labute approximate surface area is 385 Å². The summed E-state index contributed by atoms with van der Waals surface area (Å²) >= 11 is 0. The van der Waals surface area contributed by atoms with Gasteiger partial charge in [-0.15, -0.1) is 0 Å². The van der Waals surface area contributed by atoms with Crippen molar-refractivity contribution in [3.8, 4) is 0 Å². The zero-order valence-electron chi connectivity index (χ0n) is 40.1. The molecule has 378 valence electrons. The van der Waals surface area contributed by atoms with Crippen LogP contribution < -0.4 is 0 Å². The zero-order valence-corrected chi connectivity index (χ0v) is 40.1. The van der Waals surface area contributed by atoms with E-state index >= 15 is 0 Å². The van der Waals surface area contributed by atoms with Crippen LogP contribution in [0.3, 0.4) is 0 Å². The molecular formula is C49H92O15. The van der Waals surface area contributed by atoms with E-state index in [1.54, 1.807) is 0 Å². The van der Waals surface area contributed by atoms with Gasteiger partial charge in [0, 0.05) is 12.8 Å². The van der Waals surface area contributed by atoms with Crippen molar-refractivity contribution >= 4 is 11.9 Å². The van der Waals surface area contributed by atoms with Gasteiger partial charge < -0.3 is 64.2 Å². The summed E-state index contributed by atoms with van der Waals surface area (Å²) < 4.78 is 33.3. The summed E-state index contributed by atoms with van der Waals surface area (Å²) in [6.45, 7) is 7.13. The van der Waals surface area contributed by atoms with Crippen molar-refractivity contribution in [2.24, 2.45) is 11.8 Å². The van der Waals surface area contributed by atoms with Crippen molar-refractivity contribution in [2.45, 2.75) is 262 Å². The fourth-order valence-electron chi connectivity index (χ4n) is 8.20. The third-order valence-electron chi connectivity index (χ3n) is 13.1. The molecule has 2 unspecified atom stereocenters. The van der Waals surface area contributed by atoms with E-state index in [0.717, 1.165) is 50.4 Å². The summed E-state index contributed by atoms with van der Waals surface area (Å²) in [6.07, 6.45) is 10.7. The smallest absolute Gasteiger partial charge is 0.305 e. The third kappa shape index (κ3) is 24.5. The predicted octanol–water partition coefficient (Wildman–Crippen LogP) is 6.54. The molecule has 2 heterocycles. The Morgan fingerprint density at radius 1 is 0.516 bits per heavy atom. The van der Waals surface area contributed by atoms with Crippen LogP contribution >= 0.6 is 0 Å². The van der Waals surface area contributed by atoms with E-state index in [0.29, 0.717) is 12.8 Å². The summed E-state index contributed by atoms with van der Waals surface area (Å²) in [5.74, 6) is 0.689. The Balaban J connectivity index is 1.77. The molecule has 2 fully saturated rings. The first-order valence-electron chi connectivity index (χ1n) is 25.4. The maximum Gasteiger partial charge on any atom is 0.305 e. The highest BCUT2D eigenvalue weighted by Crippen LogP contribution is 2.30. The number of aliphatic hydroxyl groups excluding tert-OH is 7. The average molecular weight is 921 g/mol. The normalized spacial score (nSPS) is 27.5. The van der Waals surface area contributed by atoms with Gasteiger partial charge in [-0.05, 0) is 24.7 Å². The number of carbonyl (C=O) groups excluding carboxylic acids is 2. The zero-order chi connectivity index (χ0) is 47.1. The Kier molecular flexibility index (Phi) is 32.6. The van der Waals surface area contributed by atoms with Crippen LogP contribution in [-0.2, 0) is 38.0 Å². The molecule has 64 heavy (non-hydrogen) atoms. The van der Waals surface area contributed by atoms with Gasteiger partial charge in [0.15, 0.2) is 12.6 Å². The minimum atomic E-state index is -1.83. The van der Waals surface area contributed by atoms with Crippen LogP contribution in [-0.4, -0.2) is 142 Å². The van der Waals surface area contributed by atoms with E-state index in [9.17, 15) is 45.3 Å². The number of rotatable bonds is 38. The molecule has 2 rings (SSSR count). The first-order valence-corrected chi connectivity index (χ1v) is 25.4. The summed E-state index contributed by atoms with van der Waals surface area (Å²) in [7, 11) is 0. The standard InChI is InChI=1S/C49H92O15/c1-5-35(3)27-23-19-15-11-7-9-13-17-21-25-29-40(52)59-32-37(51)33-61-48-46(58)47(64-49-45(57)44(56)42(54)38(31-50)62-49)43(55)39(63-48)34-60-41(53)30-26-22-18-14-10-8-12-16-20-24-28-36(4)6-2/h35-39,42-51,54-58H,5-34H2,1-4H3/t35?,36?,37-,38+,39+,42+,43+,44-,45-,46-,47-,48-,49+/m0/s1. The molecule has 0 aromatic heterocycles. The number of hydrogen-bond acceptors (Lipinski definition) is 15. The topological polar surface area (TPSA) is 231 Å². The van der Waals surface area contributed by atoms with Gasteiger partial charge in [-0.1, -0.05) is 169 Å². The molecule has 15 nitrogen and oxygen atoms in total. The molecule has 0 aliphatic carbocycles. The van der Waals surface area contributed by atoms with Crippen molar-refractivity contribution < 1.29 is 73.8 Å². The number of esters is 2. The molecule has 0 radical (unpaired) electrons. The van der Waals surface area contributed by atoms with Gasteiger partial charge in [-0.25, -0.2) is 0 Å². The maximum atomic E-state index is 12.7. The largest absolute Gasteiger partial charge is 0.463 e. The van der Waals surface area contributed by atoms with Crippen LogP contribution in [0.4, 0.5) is 0 Å². The summed E-state index contributed by atoms with van der Waals surface area (Å²) in [4.78, 5) is 25.1. The van der Waals surface area contributed by atoms with E-state index in [2.05, 4.69) is 27.7 Å². The van der Waals surface area contributed by atoms with Crippen LogP contribution in [0.1, 0.15) is 195 Å². The first kappa shape index (κ1) is 58.6. The van der Waals surface area contributed by atoms with Crippen LogP contribution in [0, 0.1) is 11.8 Å². The van der Waals surface area contributed by atoms with E-state index < -0.39 is 99.3 Å². The highest BCUT2D eigenvalue weighted by molar-refractivity contribution is 5.69. The van der Waals surface area contributed by atoms with E-state index in [1.165, 1.54) is 103 Å². The molecule has 0 bridgehead atoms. The fourth-order valence-corrected chi connectivity index (χ4v) is 8.20. The lowest BCUT2D eigenvalue weighted by atomic mass is 9.97. The lowest BCUT2D eigenvalue weighted by Gasteiger charge is -2.46. The van der Waals surface area contributed by atoms with E-state index in [-0.39, 0.29) is 19.4 Å². The second-order valence-corrected chi connectivity index (χ2v) is 18.9. The molecule has 15 heteroatoms. The van der Waals surface area contributed by atoms with Gasteiger partial charge in [0.25, 0.3) is 0 Å². The van der Waals surface area contributed by atoms with Crippen LogP contribution in [0.25, 0.3) is 0 Å². The minimum Gasteiger partial charge on any atom is -0.463 e.